The molecule has 0 aliphatic rings. The molecule has 1 atom stereocenters. The number of hydrogen-bond donors (Lipinski definition) is 1. The van der Waals surface area contributed by atoms with E-state index in [1.165, 1.54) is 17.3 Å². The summed E-state index contributed by atoms with van der Waals surface area (Å²) in [5.41, 5.74) is 5.97. The summed E-state index contributed by atoms with van der Waals surface area (Å²) in [4.78, 5) is 17.4. The number of aromatic nitrogens is 2. The molecule has 3 rings (SSSR count). The molecule has 1 N–H and O–H groups in total. The van der Waals surface area contributed by atoms with Crippen LogP contribution in [0.15, 0.2) is 46.1 Å². The number of thioether (sulfide) groups is 1. The third-order valence-corrected chi connectivity index (χ3v) is 5.83. The van der Waals surface area contributed by atoms with Gasteiger partial charge in [-0.2, -0.15) is 0 Å². The van der Waals surface area contributed by atoms with Crippen LogP contribution in [0.5, 0.6) is 0 Å². The molecular formula is C22H25N3O2S. The van der Waals surface area contributed by atoms with Crippen molar-refractivity contribution in [1.29, 1.82) is 0 Å². The first-order valence-electron chi connectivity index (χ1n) is 9.24. The predicted octanol–water partition coefficient (Wildman–Crippen LogP) is 5.09. The number of aryl methyl sites for hydroxylation is 4. The number of carbonyl (C=O) groups excluding carboxylic acids is 1. The largest absolute Gasteiger partial charge is 0.361 e. The van der Waals surface area contributed by atoms with Crippen LogP contribution >= 0.6 is 11.8 Å². The molecule has 1 unspecified atom stereocenters. The minimum atomic E-state index is -0.122. The van der Waals surface area contributed by atoms with E-state index in [0.717, 1.165) is 28.1 Å². The number of nitrogens with zero attached hydrogens (tertiary/aromatic N) is 2. The zero-order chi connectivity index (χ0) is 20.3. The molecule has 2 heterocycles. The van der Waals surface area contributed by atoms with E-state index in [1.54, 1.807) is 12.3 Å². The zero-order valence-electron chi connectivity index (χ0n) is 16.9. The highest BCUT2D eigenvalue weighted by Gasteiger charge is 2.18. The van der Waals surface area contributed by atoms with Gasteiger partial charge in [-0.05, 0) is 57.9 Å². The number of amides is 1. The summed E-state index contributed by atoms with van der Waals surface area (Å²) in [5, 5.41) is 7.80. The number of carbonyl (C=O) groups is 1. The lowest BCUT2D eigenvalue weighted by atomic mass is 10.00. The average Bonchev–Trinajstić information content (AvgIpc) is 2.99. The molecule has 146 valence electrons. The molecule has 28 heavy (non-hydrogen) atoms. The zero-order valence-corrected chi connectivity index (χ0v) is 17.7. The molecule has 0 aliphatic heterocycles. The number of benzene rings is 1. The fraction of sp³-hybridized carbons (Fsp3) is 0.318. The van der Waals surface area contributed by atoms with Crippen LogP contribution in [-0.4, -0.2) is 16.0 Å². The summed E-state index contributed by atoms with van der Waals surface area (Å²) in [7, 11) is 0. The lowest BCUT2D eigenvalue weighted by molar-refractivity contribution is 0.0936. The van der Waals surface area contributed by atoms with E-state index in [-0.39, 0.29) is 11.9 Å². The second-order valence-corrected chi connectivity index (χ2v) is 7.97. The van der Waals surface area contributed by atoms with Crippen molar-refractivity contribution >= 4 is 17.7 Å². The smallest absolute Gasteiger partial charge is 0.254 e. The number of rotatable bonds is 6. The van der Waals surface area contributed by atoms with Gasteiger partial charge in [-0.3, -0.25) is 4.79 Å². The van der Waals surface area contributed by atoms with Crippen LogP contribution in [-0.2, 0) is 5.75 Å². The van der Waals surface area contributed by atoms with Crippen molar-refractivity contribution in [3.05, 3.63) is 75.8 Å². The fourth-order valence-electron chi connectivity index (χ4n) is 3.11. The number of hydrogen-bond acceptors (Lipinski definition) is 5. The molecule has 0 spiro atoms. The van der Waals surface area contributed by atoms with Crippen molar-refractivity contribution in [2.75, 3.05) is 0 Å². The van der Waals surface area contributed by atoms with Crippen molar-refractivity contribution < 1.29 is 9.32 Å². The molecule has 1 aromatic carbocycles. The first-order valence-corrected chi connectivity index (χ1v) is 10.2. The number of nitrogens with one attached hydrogen (secondary N) is 1. The molecule has 5 nitrogen and oxygen atoms in total. The SMILES string of the molecule is Cc1ccc(C)c(C(C)NC(=O)c2cccnc2SCc2c(C)noc2C)c1. The molecule has 1 amide bonds. The Bertz CT molecular complexity index is 978. The quantitative estimate of drug-likeness (QED) is 0.589. The van der Waals surface area contributed by atoms with Crippen molar-refractivity contribution in [1.82, 2.24) is 15.5 Å². The maximum absolute atomic E-state index is 12.9. The molecule has 0 fully saturated rings. The Morgan fingerprint density at radius 2 is 2.00 bits per heavy atom. The Morgan fingerprint density at radius 1 is 1.21 bits per heavy atom. The van der Waals surface area contributed by atoms with E-state index >= 15 is 0 Å². The highest BCUT2D eigenvalue weighted by molar-refractivity contribution is 7.98. The molecule has 0 aliphatic carbocycles. The average molecular weight is 396 g/mol. The standard InChI is InChI=1S/C22H25N3O2S/c1-13-8-9-14(2)19(11-13)15(3)24-21(26)18-7-6-10-23-22(18)28-12-20-16(4)25-27-17(20)5/h6-11,15H,12H2,1-5H3,(H,24,26). The summed E-state index contributed by atoms with van der Waals surface area (Å²) in [6.07, 6.45) is 1.71. The maximum Gasteiger partial charge on any atom is 0.254 e. The van der Waals surface area contributed by atoms with Gasteiger partial charge in [0, 0.05) is 17.5 Å². The van der Waals surface area contributed by atoms with Crippen LogP contribution in [0.4, 0.5) is 0 Å². The maximum atomic E-state index is 12.9. The van der Waals surface area contributed by atoms with Gasteiger partial charge in [-0.25, -0.2) is 4.98 Å². The first kappa shape index (κ1) is 20.1. The van der Waals surface area contributed by atoms with E-state index in [0.29, 0.717) is 16.3 Å². The Morgan fingerprint density at radius 3 is 2.71 bits per heavy atom. The summed E-state index contributed by atoms with van der Waals surface area (Å²) < 4.78 is 5.22. The molecule has 6 heteroatoms. The second kappa shape index (κ2) is 8.61. The Kier molecular flexibility index (Phi) is 6.19. The third kappa shape index (κ3) is 4.44. The van der Waals surface area contributed by atoms with E-state index in [9.17, 15) is 4.79 Å². The molecule has 0 saturated carbocycles. The summed E-state index contributed by atoms with van der Waals surface area (Å²) in [6.45, 7) is 9.94. The van der Waals surface area contributed by atoms with E-state index in [1.807, 2.05) is 26.8 Å². The van der Waals surface area contributed by atoms with Crippen molar-refractivity contribution in [3.63, 3.8) is 0 Å². The van der Waals surface area contributed by atoms with Gasteiger partial charge in [0.1, 0.15) is 10.8 Å². The summed E-state index contributed by atoms with van der Waals surface area (Å²) in [6, 6.07) is 9.80. The highest BCUT2D eigenvalue weighted by Crippen LogP contribution is 2.28. The van der Waals surface area contributed by atoms with Crippen LogP contribution in [0.3, 0.4) is 0 Å². The molecule has 0 saturated heterocycles. The van der Waals surface area contributed by atoms with Crippen molar-refractivity contribution in [2.45, 2.75) is 51.4 Å². The van der Waals surface area contributed by atoms with Crippen LogP contribution in [0.2, 0.25) is 0 Å². The summed E-state index contributed by atoms with van der Waals surface area (Å²) >= 11 is 1.52. The second-order valence-electron chi connectivity index (χ2n) is 7.00. The van der Waals surface area contributed by atoms with Crippen LogP contribution in [0.1, 0.15) is 57.0 Å². The van der Waals surface area contributed by atoms with Gasteiger partial charge >= 0.3 is 0 Å². The van der Waals surface area contributed by atoms with E-state index < -0.39 is 0 Å². The molecule has 0 radical (unpaired) electrons. The van der Waals surface area contributed by atoms with Crippen molar-refractivity contribution in [2.24, 2.45) is 0 Å². The van der Waals surface area contributed by atoms with Gasteiger partial charge in [0.25, 0.3) is 5.91 Å². The molecule has 2 aromatic heterocycles. The molecular weight excluding hydrogens is 370 g/mol. The molecule has 0 bridgehead atoms. The monoisotopic (exact) mass is 395 g/mol. The highest BCUT2D eigenvalue weighted by atomic mass is 32.2. The third-order valence-electron chi connectivity index (χ3n) is 4.80. The summed E-state index contributed by atoms with van der Waals surface area (Å²) in [5.74, 6) is 1.34. The van der Waals surface area contributed by atoms with E-state index in [4.69, 9.17) is 4.52 Å². The lowest BCUT2D eigenvalue weighted by Gasteiger charge is -2.18. The first-order chi connectivity index (χ1) is 13.4. The van der Waals surface area contributed by atoms with Crippen LogP contribution in [0.25, 0.3) is 0 Å². The lowest BCUT2D eigenvalue weighted by Crippen LogP contribution is -2.27. The van der Waals surface area contributed by atoms with Gasteiger partial charge < -0.3 is 9.84 Å². The number of pyridine rings is 1. The van der Waals surface area contributed by atoms with E-state index in [2.05, 4.69) is 47.5 Å². The van der Waals surface area contributed by atoms with Gasteiger partial charge in [-0.1, -0.05) is 28.9 Å². The van der Waals surface area contributed by atoms with Crippen LogP contribution < -0.4 is 5.32 Å². The van der Waals surface area contributed by atoms with Gasteiger partial charge in [-0.15, -0.1) is 11.8 Å². The normalized spacial score (nSPS) is 12.0. The Balaban J connectivity index is 1.76. The fourth-order valence-corrected chi connectivity index (χ4v) is 4.25. The Labute approximate surface area is 169 Å². The van der Waals surface area contributed by atoms with Gasteiger partial charge in [0.15, 0.2) is 0 Å². The Hall–Kier alpha value is -2.60. The van der Waals surface area contributed by atoms with Gasteiger partial charge in [0.05, 0.1) is 17.3 Å². The minimum absolute atomic E-state index is 0.0898. The molecule has 3 aromatic rings. The topological polar surface area (TPSA) is 68.0 Å². The predicted molar refractivity (Wildman–Crippen MR) is 112 cm³/mol. The minimum Gasteiger partial charge on any atom is -0.361 e. The van der Waals surface area contributed by atoms with Crippen molar-refractivity contribution in [3.8, 4) is 0 Å². The van der Waals surface area contributed by atoms with Crippen LogP contribution in [0, 0.1) is 27.7 Å². The van der Waals surface area contributed by atoms with Gasteiger partial charge in [0.2, 0.25) is 0 Å².